The van der Waals surface area contributed by atoms with E-state index in [4.69, 9.17) is 26.1 Å². The number of carbonyl (C=O) groups is 1. The van der Waals surface area contributed by atoms with Crippen molar-refractivity contribution in [3.63, 3.8) is 0 Å². The van der Waals surface area contributed by atoms with E-state index in [1.54, 1.807) is 18.2 Å². The van der Waals surface area contributed by atoms with Gasteiger partial charge in [-0.05, 0) is 74.6 Å². The molecule has 0 radical (unpaired) electrons. The Balaban J connectivity index is 1.29. The predicted octanol–water partition coefficient (Wildman–Crippen LogP) is 5.01. The number of aromatic nitrogens is 1. The number of benzene rings is 3. The van der Waals surface area contributed by atoms with Gasteiger partial charge in [0.2, 0.25) is 5.89 Å². The van der Waals surface area contributed by atoms with E-state index in [1.165, 1.54) is 0 Å². The minimum absolute atomic E-state index is 0.173. The highest BCUT2D eigenvalue weighted by Crippen LogP contribution is 2.31. The number of carbonyl (C=O) groups excluding carboxylic acids is 1. The predicted molar refractivity (Wildman–Crippen MR) is 130 cm³/mol. The molecule has 8 heteroatoms. The quantitative estimate of drug-likeness (QED) is 0.417. The van der Waals surface area contributed by atoms with Crippen molar-refractivity contribution in [2.24, 2.45) is 0 Å². The monoisotopic (exact) mass is 459 g/mol. The summed E-state index contributed by atoms with van der Waals surface area (Å²) in [6.45, 7) is 5.03. The van der Waals surface area contributed by atoms with Crippen LogP contribution in [0, 0.1) is 13.8 Å². The number of amides is 1. The van der Waals surface area contributed by atoms with Crippen molar-refractivity contribution < 1.29 is 18.7 Å². The van der Waals surface area contributed by atoms with Crippen molar-refractivity contribution in [3.05, 3.63) is 71.3 Å². The number of nitrogens with zero attached hydrogens (tertiary/aromatic N) is 1. The molecule has 166 valence electrons. The summed E-state index contributed by atoms with van der Waals surface area (Å²) in [5.41, 5.74) is 5.70. The van der Waals surface area contributed by atoms with Crippen LogP contribution in [0.3, 0.4) is 0 Å². The fourth-order valence-corrected chi connectivity index (χ4v) is 3.96. The zero-order chi connectivity index (χ0) is 22.9. The Kier molecular flexibility index (Phi) is 5.43. The third kappa shape index (κ3) is 4.51. The molecule has 2 N–H and O–H groups in total. The molecule has 5 rings (SSSR count). The lowest BCUT2D eigenvalue weighted by molar-refractivity contribution is 0.0976. The van der Waals surface area contributed by atoms with Crippen molar-refractivity contribution in [1.82, 2.24) is 10.3 Å². The highest BCUT2D eigenvalue weighted by molar-refractivity contribution is 7.80. The molecule has 0 fully saturated rings. The van der Waals surface area contributed by atoms with Crippen LogP contribution in [0.1, 0.15) is 21.5 Å². The third-order valence-corrected chi connectivity index (χ3v) is 5.35. The SMILES string of the molecule is Cc1cc(C)cc(-c2nc3cc(NC(=S)NC(=O)c4ccc5c(c4)OCCO5)ccc3o2)c1. The van der Waals surface area contributed by atoms with Gasteiger partial charge in [0, 0.05) is 16.8 Å². The van der Waals surface area contributed by atoms with Crippen molar-refractivity contribution >= 4 is 40.0 Å². The lowest BCUT2D eigenvalue weighted by atomic mass is 10.1. The van der Waals surface area contributed by atoms with Crippen LogP contribution in [0.5, 0.6) is 11.5 Å². The van der Waals surface area contributed by atoms with Crippen molar-refractivity contribution in [2.45, 2.75) is 13.8 Å². The second-order valence-electron chi connectivity index (χ2n) is 7.84. The van der Waals surface area contributed by atoms with Gasteiger partial charge in [0.15, 0.2) is 22.2 Å². The first kappa shape index (κ1) is 21.0. The summed E-state index contributed by atoms with van der Waals surface area (Å²) in [6.07, 6.45) is 0. The molecule has 33 heavy (non-hydrogen) atoms. The summed E-state index contributed by atoms with van der Waals surface area (Å²) in [7, 11) is 0. The number of fused-ring (bicyclic) bond motifs is 2. The molecule has 0 saturated carbocycles. The zero-order valence-corrected chi connectivity index (χ0v) is 18.9. The first-order valence-corrected chi connectivity index (χ1v) is 10.9. The number of aryl methyl sites for hydroxylation is 2. The minimum Gasteiger partial charge on any atom is -0.486 e. The van der Waals surface area contributed by atoms with Crippen LogP contribution in [-0.2, 0) is 0 Å². The van der Waals surface area contributed by atoms with E-state index in [2.05, 4.69) is 21.7 Å². The van der Waals surface area contributed by atoms with Gasteiger partial charge >= 0.3 is 0 Å². The van der Waals surface area contributed by atoms with Crippen LogP contribution in [-0.4, -0.2) is 29.2 Å². The normalized spacial score (nSPS) is 12.4. The molecule has 0 bridgehead atoms. The van der Waals surface area contributed by atoms with Crippen LogP contribution >= 0.6 is 12.2 Å². The van der Waals surface area contributed by atoms with Crippen molar-refractivity contribution in [2.75, 3.05) is 18.5 Å². The lowest BCUT2D eigenvalue weighted by Gasteiger charge is -2.18. The third-order valence-electron chi connectivity index (χ3n) is 5.15. The number of ether oxygens (including phenoxy) is 2. The van der Waals surface area contributed by atoms with Gasteiger partial charge < -0.3 is 19.2 Å². The van der Waals surface area contributed by atoms with Crippen LogP contribution < -0.4 is 20.1 Å². The molecule has 1 aliphatic rings. The number of oxazole rings is 1. The second kappa shape index (κ2) is 8.55. The summed E-state index contributed by atoms with van der Waals surface area (Å²) in [5.74, 6) is 1.39. The average molecular weight is 460 g/mol. The average Bonchev–Trinajstić information content (AvgIpc) is 3.21. The summed E-state index contributed by atoms with van der Waals surface area (Å²) < 4.78 is 16.9. The highest BCUT2D eigenvalue weighted by atomic mass is 32.1. The number of hydrogen-bond donors (Lipinski definition) is 2. The maximum atomic E-state index is 12.6. The molecule has 0 aliphatic carbocycles. The van der Waals surface area contributed by atoms with Gasteiger partial charge in [-0.2, -0.15) is 0 Å². The van der Waals surface area contributed by atoms with Crippen molar-refractivity contribution in [1.29, 1.82) is 0 Å². The Morgan fingerprint density at radius 3 is 2.48 bits per heavy atom. The molecule has 4 aromatic rings. The molecule has 1 aromatic heterocycles. The fourth-order valence-electron chi connectivity index (χ4n) is 3.75. The lowest BCUT2D eigenvalue weighted by Crippen LogP contribution is -2.34. The molecule has 0 unspecified atom stereocenters. The van der Waals surface area contributed by atoms with Gasteiger partial charge in [-0.15, -0.1) is 0 Å². The number of rotatable bonds is 3. The van der Waals surface area contributed by atoms with E-state index in [-0.39, 0.29) is 11.0 Å². The molecule has 0 atom stereocenters. The van der Waals surface area contributed by atoms with Gasteiger partial charge in [0.05, 0.1) is 0 Å². The first-order chi connectivity index (χ1) is 15.9. The standard InChI is InChI=1S/C25H21N3O4S/c1-14-9-15(2)11-17(10-14)24-27-19-13-18(4-6-20(19)32-24)26-25(33)28-23(29)16-3-5-21-22(12-16)31-8-7-30-21/h3-6,9-13H,7-8H2,1-2H3,(H2,26,28,29,33). The van der Waals surface area contributed by atoms with Crippen LogP contribution in [0.15, 0.2) is 59.0 Å². The molecular formula is C25H21N3O4S. The Morgan fingerprint density at radius 1 is 0.939 bits per heavy atom. The molecule has 7 nitrogen and oxygen atoms in total. The number of hydrogen-bond acceptors (Lipinski definition) is 6. The van der Waals surface area contributed by atoms with E-state index in [1.807, 2.05) is 44.2 Å². The molecule has 1 aliphatic heterocycles. The van der Waals surface area contributed by atoms with Crippen LogP contribution in [0.4, 0.5) is 5.69 Å². The number of thiocarbonyl (C=S) groups is 1. The largest absolute Gasteiger partial charge is 0.486 e. The fraction of sp³-hybridized carbons (Fsp3) is 0.160. The summed E-state index contributed by atoms with van der Waals surface area (Å²) in [5, 5.41) is 5.88. The number of anilines is 1. The van der Waals surface area contributed by atoms with Gasteiger partial charge in [-0.25, -0.2) is 4.98 Å². The van der Waals surface area contributed by atoms with E-state index >= 15 is 0 Å². The Morgan fingerprint density at radius 2 is 1.70 bits per heavy atom. The van der Waals surface area contributed by atoms with Gasteiger partial charge in [0.25, 0.3) is 5.91 Å². The topological polar surface area (TPSA) is 85.6 Å². The molecule has 1 amide bonds. The van der Waals surface area contributed by atoms with Crippen LogP contribution in [0.2, 0.25) is 0 Å². The Bertz CT molecular complexity index is 1380. The van der Waals surface area contributed by atoms with Gasteiger partial charge in [-0.1, -0.05) is 17.2 Å². The maximum absolute atomic E-state index is 12.6. The maximum Gasteiger partial charge on any atom is 0.257 e. The van der Waals surface area contributed by atoms with E-state index < -0.39 is 0 Å². The smallest absolute Gasteiger partial charge is 0.257 e. The van der Waals surface area contributed by atoms with E-state index in [9.17, 15) is 4.79 Å². The Hall–Kier alpha value is -3.91. The van der Waals surface area contributed by atoms with Crippen molar-refractivity contribution in [3.8, 4) is 23.0 Å². The van der Waals surface area contributed by atoms with E-state index in [0.29, 0.717) is 53.0 Å². The summed E-state index contributed by atoms with van der Waals surface area (Å²) in [4.78, 5) is 17.2. The van der Waals surface area contributed by atoms with Crippen LogP contribution in [0.25, 0.3) is 22.6 Å². The summed E-state index contributed by atoms with van der Waals surface area (Å²) in [6, 6.07) is 16.7. The molecular weight excluding hydrogens is 438 g/mol. The zero-order valence-electron chi connectivity index (χ0n) is 18.1. The van der Waals surface area contributed by atoms with Gasteiger partial charge in [-0.3, -0.25) is 10.1 Å². The van der Waals surface area contributed by atoms with Gasteiger partial charge in [0.1, 0.15) is 18.7 Å². The molecule has 0 spiro atoms. The molecule has 2 heterocycles. The highest BCUT2D eigenvalue weighted by Gasteiger charge is 2.16. The Labute approximate surface area is 195 Å². The van der Waals surface area contributed by atoms with E-state index in [0.717, 1.165) is 16.7 Å². The first-order valence-electron chi connectivity index (χ1n) is 10.5. The molecule has 0 saturated heterocycles. The number of nitrogens with one attached hydrogen (secondary N) is 2. The summed E-state index contributed by atoms with van der Waals surface area (Å²) >= 11 is 5.32. The molecule has 3 aromatic carbocycles. The minimum atomic E-state index is -0.343. The second-order valence-corrected chi connectivity index (χ2v) is 8.25.